The summed E-state index contributed by atoms with van der Waals surface area (Å²) in [6.45, 7) is 2.43. The molecule has 4 aromatic rings. The molecule has 1 fully saturated rings. The molecule has 5 rings (SSSR count). The van der Waals surface area contributed by atoms with Gasteiger partial charge in [0.05, 0.1) is 36.1 Å². The number of hydrogen-bond acceptors (Lipinski definition) is 7. The van der Waals surface area contributed by atoms with Gasteiger partial charge in [0.1, 0.15) is 11.4 Å². The molecule has 2 aromatic heterocycles. The van der Waals surface area contributed by atoms with Crippen LogP contribution in [0.1, 0.15) is 34.2 Å². The Morgan fingerprint density at radius 3 is 2.67 bits per heavy atom. The fraction of sp³-hybridized carbons (Fsp3) is 0.227. The van der Waals surface area contributed by atoms with Crippen LogP contribution >= 0.6 is 23.2 Å². The van der Waals surface area contributed by atoms with E-state index in [1.54, 1.807) is 23.1 Å². The van der Waals surface area contributed by atoms with Gasteiger partial charge in [0.2, 0.25) is 0 Å². The molecule has 1 aliphatic rings. The molecular weight excluding hydrogens is 467 g/mol. The Kier molecular flexibility index (Phi) is 5.51. The maximum absolute atomic E-state index is 13.5. The van der Waals surface area contributed by atoms with Crippen LogP contribution in [-0.2, 0) is 0 Å². The summed E-state index contributed by atoms with van der Waals surface area (Å²) in [6, 6.07) is 8.37. The molecule has 1 aliphatic heterocycles. The fourth-order valence-corrected chi connectivity index (χ4v) is 4.16. The number of hydrogen-bond donors (Lipinski definition) is 0. The van der Waals surface area contributed by atoms with Gasteiger partial charge < -0.3 is 14.2 Å². The highest BCUT2D eigenvalue weighted by Crippen LogP contribution is 2.37. The number of methoxy groups -OCH3 is 1. The van der Waals surface area contributed by atoms with Gasteiger partial charge in [-0.15, -0.1) is 0 Å². The van der Waals surface area contributed by atoms with Crippen LogP contribution in [0.4, 0.5) is 0 Å². The molecule has 0 aliphatic carbocycles. The van der Waals surface area contributed by atoms with Crippen LogP contribution in [0.25, 0.3) is 17.1 Å². The number of carbonyl (C=O) groups excluding carboxylic acids is 1. The van der Waals surface area contributed by atoms with Crippen molar-refractivity contribution in [1.82, 2.24) is 30.0 Å². The summed E-state index contributed by atoms with van der Waals surface area (Å²) >= 11 is 12.5. The molecule has 1 amide bonds. The van der Waals surface area contributed by atoms with Gasteiger partial charge in [0.15, 0.2) is 5.82 Å². The van der Waals surface area contributed by atoms with E-state index in [0.717, 1.165) is 11.1 Å². The van der Waals surface area contributed by atoms with Crippen molar-refractivity contribution in [2.24, 2.45) is 0 Å². The Hall–Kier alpha value is -3.43. The first-order valence-corrected chi connectivity index (χ1v) is 10.9. The average molecular weight is 485 g/mol. The lowest BCUT2D eigenvalue weighted by Gasteiger charge is -2.39. The van der Waals surface area contributed by atoms with Crippen LogP contribution in [0.2, 0.25) is 10.0 Å². The van der Waals surface area contributed by atoms with Gasteiger partial charge >= 0.3 is 0 Å². The minimum Gasteiger partial charge on any atom is -0.495 e. The molecule has 1 saturated heterocycles. The van der Waals surface area contributed by atoms with Crippen molar-refractivity contribution in [3.63, 3.8) is 0 Å². The van der Waals surface area contributed by atoms with E-state index in [-0.39, 0.29) is 11.9 Å². The number of nitrogens with zero attached hydrogens (tertiary/aromatic N) is 6. The van der Waals surface area contributed by atoms with Crippen molar-refractivity contribution in [3.8, 4) is 22.9 Å². The normalized spacial score (nSPS) is 15.4. The lowest BCUT2D eigenvalue weighted by Crippen LogP contribution is -2.45. The van der Waals surface area contributed by atoms with Crippen LogP contribution < -0.4 is 4.74 Å². The Morgan fingerprint density at radius 2 is 1.97 bits per heavy atom. The third-order valence-corrected chi connectivity index (χ3v) is 6.36. The van der Waals surface area contributed by atoms with Crippen molar-refractivity contribution < 1.29 is 14.1 Å². The highest BCUT2D eigenvalue weighted by Gasteiger charge is 2.38. The van der Waals surface area contributed by atoms with Gasteiger partial charge in [-0.05, 0) is 43.2 Å². The summed E-state index contributed by atoms with van der Waals surface area (Å²) in [7, 11) is 1.49. The number of ether oxygens (including phenoxy) is 1. The molecule has 11 heteroatoms. The van der Waals surface area contributed by atoms with E-state index in [9.17, 15) is 4.79 Å². The second kappa shape index (κ2) is 8.49. The van der Waals surface area contributed by atoms with Crippen molar-refractivity contribution in [1.29, 1.82) is 0 Å². The third kappa shape index (κ3) is 3.73. The van der Waals surface area contributed by atoms with Crippen LogP contribution in [0.3, 0.4) is 0 Å². The molecule has 3 heterocycles. The molecule has 0 bridgehead atoms. The highest BCUT2D eigenvalue weighted by molar-refractivity contribution is 6.32. The lowest BCUT2D eigenvalue weighted by molar-refractivity contribution is 0.0435. The lowest BCUT2D eigenvalue weighted by atomic mass is 9.99. The van der Waals surface area contributed by atoms with E-state index in [0.29, 0.717) is 51.7 Å². The summed E-state index contributed by atoms with van der Waals surface area (Å²) in [6.07, 6.45) is 3.76. The number of amides is 1. The first-order valence-electron chi connectivity index (χ1n) is 10.1. The van der Waals surface area contributed by atoms with E-state index >= 15 is 0 Å². The zero-order chi connectivity index (χ0) is 23.1. The van der Waals surface area contributed by atoms with Crippen molar-refractivity contribution >= 4 is 29.1 Å². The largest absolute Gasteiger partial charge is 0.495 e. The van der Waals surface area contributed by atoms with Crippen LogP contribution in [0, 0.1) is 6.92 Å². The molecule has 33 heavy (non-hydrogen) atoms. The topological polar surface area (TPSA) is 99.2 Å². The third-order valence-electron chi connectivity index (χ3n) is 5.65. The number of carbonyl (C=O) groups is 1. The maximum atomic E-state index is 13.5. The molecule has 0 spiro atoms. The van der Waals surface area contributed by atoms with Gasteiger partial charge in [-0.2, -0.15) is 20.0 Å². The minimum absolute atomic E-state index is 0.237. The Balaban J connectivity index is 1.47. The number of likely N-dealkylation sites (tertiary alicyclic amines) is 1. The molecule has 0 radical (unpaired) electrons. The maximum Gasteiger partial charge on any atom is 0.258 e. The summed E-state index contributed by atoms with van der Waals surface area (Å²) in [4.78, 5) is 21.1. The predicted molar refractivity (Wildman–Crippen MR) is 121 cm³/mol. The van der Waals surface area contributed by atoms with Gasteiger partial charge in [-0.1, -0.05) is 34.4 Å². The summed E-state index contributed by atoms with van der Waals surface area (Å²) in [5.74, 6) is 0.938. The second-order valence-corrected chi connectivity index (χ2v) is 8.31. The van der Waals surface area contributed by atoms with E-state index in [4.69, 9.17) is 32.5 Å². The summed E-state index contributed by atoms with van der Waals surface area (Å²) in [5, 5.41) is 13.4. The molecule has 0 saturated carbocycles. The zero-order valence-electron chi connectivity index (χ0n) is 17.7. The first-order chi connectivity index (χ1) is 16.0. The predicted octanol–water partition coefficient (Wildman–Crippen LogP) is 4.53. The summed E-state index contributed by atoms with van der Waals surface area (Å²) < 4.78 is 10.8. The van der Waals surface area contributed by atoms with Crippen LogP contribution in [-0.4, -0.2) is 49.6 Å². The summed E-state index contributed by atoms with van der Waals surface area (Å²) in [5.41, 5.74) is 2.41. The Bertz CT molecular complexity index is 1340. The van der Waals surface area contributed by atoms with Gasteiger partial charge in [-0.25, -0.2) is 0 Å². The van der Waals surface area contributed by atoms with Gasteiger partial charge in [0, 0.05) is 17.1 Å². The molecular formula is C22H18Cl2N6O3. The first kappa shape index (κ1) is 21.4. The molecule has 1 atom stereocenters. The van der Waals surface area contributed by atoms with Gasteiger partial charge in [0.25, 0.3) is 11.8 Å². The van der Waals surface area contributed by atoms with Gasteiger partial charge in [-0.3, -0.25) is 4.79 Å². The average Bonchev–Trinajstić information content (AvgIpc) is 3.47. The zero-order valence-corrected chi connectivity index (χ0v) is 19.2. The van der Waals surface area contributed by atoms with Crippen molar-refractivity contribution in [2.75, 3.05) is 13.7 Å². The monoisotopic (exact) mass is 484 g/mol. The number of halogens is 2. The highest BCUT2D eigenvalue weighted by atomic mass is 35.5. The van der Waals surface area contributed by atoms with E-state index in [2.05, 4.69) is 20.3 Å². The Labute approximate surface area is 198 Å². The molecule has 0 N–H and O–H groups in total. The van der Waals surface area contributed by atoms with E-state index in [1.807, 2.05) is 19.1 Å². The van der Waals surface area contributed by atoms with E-state index < -0.39 is 0 Å². The smallest absolute Gasteiger partial charge is 0.258 e. The van der Waals surface area contributed by atoms with E-state index in [1.165, 1.54) is 24.3 Å². The fourth-order valence-electron chi connectivity index (χ4n) is 3.75. The number of aromatic nitrogens is 5. The van der Waals surface area contributed by atoms with Crippen LogP contribution in [0.5, 0.6) is 5.75 Å². The van der Waals surface area contributed by atoms with Crippen molar-refractivity contribution in [2.45, 2.75) is 19.4 Å². The molecule has 2 aromatic carbocycles. The quantitative estimate of drug-likeness (QED) is 0.410. The minimum atomic E-state index is -0.324. The molecule has 168 valence electrons. The SMILES string of the molecule is COc1cc(C(=O)N2CC[C@H]2c2noc(-c3cccc(Cl)c3C)n2)c(-n2nccn2)cc1Cl. The van der Waals surface area contributed by atoms with Crippen molar-refractivity contribution in [3.05, 3.63) is 69.7 Å². The standard InChI is InChI=1S/C22H18Cl2N6O3/c1-12-13(4-3-5-15(12)23)21-27-20(28-33-21)17-6-9-29(17)22(31)14-10-19(32-2)16(24)11-18(14)30-25-7-8-26-30/h3-5,7-8,10-11,17H,6,9H2,1-2H3/t17-/m0/s1. The molecule has 9 nitrogen and oxygen atoms in total. The van der Waals surface area contributed by atoms with Crippen LogP contribution in [0.15, 0.2) is 47.2 Å². The Morgan fingerprint density at radius 1 is 1.18 bits per heavy atom. The number of rotatable bonds is 5. The number of benzene rings is 2. The molecule has 0 unspecified atom stereocenters. The second-order valence-electron chi connectivity index (χ2n) is 7.50.